The van der Waals surface area contributed by atoms with Crippen LogP contribution in [0.4, 0.5) is 4.39 Å². The molecule has 0 aliphatic heterocycles. The third-order valence-electron chi connectivity index (χ3n) is 5.49. The lowest BCUT2D eigenvalue weighted by molar-refractivity contribution is -0.130. The van der Waals surface area contributed by atoms with Crippen LogP contribution in [0.25, 0.3) is 16.9 Å². The molecule has 1 heterocycles. The highest BCUT2D eigenvalue weighted by atomic mass is 35.5. The third kappa shape index (κ3) is 5.94. The molecule has 0 aliphatic rings. The first-order chi connectivity index (χ1) is 16.9. The second-order valence-corrected chi connectivity index (χ2v) is 8.44. The lowest BCUT2D eigenvalue weighted by Gasteiger charge is -2.17. The average Bonchev–Trinajstić information content (AvgIpc) is 3.28. The molecule has 2 amide bonds. The van der Waals surface area contributed by atoms with Gasteiger partial charge in [0, 0.05) is 43.9 Å². The van der Waals surface area contributed by atoms with Gasteiger partial charge in [0.2, 0.25) is 5.91 Å². The van der Waals surface area contributed by atoms with E-state index in [2.05, 4.69) is 5.32 Å². The minimum Gasteiger partial charge on any atom is -0.351 e. The van der Waals surface area contributed by atoms with Gasteiger partial charge in [-0.2, -0.15) is 5.10 Å². The van der Waals surface area contributed by atoms with Crippen LogP contribution in [0, 0.1) is 5.82 Å². The Morgan fingerprint density at radius 1 is 1.03 bits per heavy atom. The molecule has 4 rings (SSSR count). The van der Waals surface area contributed by atoms with Crippen molar-refractivity contribution in [2.24, 2.45) is 0 Å². The van der Waals surface area contributed by atoms with Crippen LogP contribution < -0.4 is 5.32 Å². The molecular weight excluding hydrogens is 467 g/mol. The molecule has 0 saturated carbocycles. The van der Waals surface area contributed by atoms with E-state index >= 15 is 0 Å². The summed E-state index contributed by atoms with van der Waals surface area (Å²) in [5, 5.41) is 7.46. The van der Waals surface area contributed by atoms with Crippen LogP contribution in [0.5, 0.6) is 0 Å². The Hall–Kier alpha value is -3.97. The quantitative estimate of drug-likeness (QED) is 0.373. The predicted molar refractivity (Wildman–Crippen MR) is 134 cm³/mol. The van der Waals surface area contributed by atoms with Crippen molar-refractivity contribution in [2.75, 3.05) is 13.6 Å². The van der Waals surface area contributed by atoms with Gasteiger partial charge in [-0.25, -0.2) is 9.07 Å². The van der Waals surface area contributed by atoms with E-state index < -0.39 is 11.7 Å². The van der Waals surface area contributed by atoms with Crippen LogP contribution in [0.1, 0.15) is 22.3 Å². The summed E-state index contributed by atoms with van der Waals surface area (Å²) in [4.78, 5) is 26.7. The number of nitrogens with zero attached hydrogens (tertiary/aromatic N) is 3. The third-order valence-corrected chi connectivity index (χ3v) is 5.80. The Labute approximate surface area is 208 Å². The number of benzene rings is 3. The molecule has 8 heteroatoms. The summed E-state index contributed by atoms with van der Waals surface area (Å²) in [5.41, 5.74) is 3.75. The van der Waals surface area contributed by atoms with E-state index in [0.717, 1.165) is 28.6 Å². The zero-order chi connectivity index (χ0) is 24.8. The molecule has 178 valence electrons. The maximum atomic E-state index is 13.2. The highest BCUT2D eigenvalue weighted by Crippen LogP contribution is 2.25. The highest BCUT2D eigenvalue weighted by Gasteiger charge is 2.17. The summed E-state index contributed by atoms with van der Waals surface area (Å²) in [6, 6.07) is 23.2. The molecule has 0 atom stereocenters. The van der Waals surface area contributed by atoms with Gasteiger partial charge in [0.25, 0.3) is 5.91 Å². The Kier molecular flexibility index (Phi) is 7.57. The lowest BCUT2D eigenvalue weighted by Crippen LogP contribution is -2.32. The van der Waals surface area contributed by atoms with Gasteiger partial charge in [0.15, 0.2) is 0 Å². The molecule has 3 aromatic carbocycles. The molecule has 0 bridgehead atoms. The largest absolute Gasteiger partial charge is 0.351 e. The van der Waals surface area contributed by atoms with E-state index in [4.69, 9.17) is 16.7 Å². The minimum atomic E-state index is -0.520. The summed E-state index contributed by atoms with van der Waals surface area (Å²) in [7, 11) is 1.72. The van der Waals surface area contributed by atoms with Crippen molar-refractivity contribution in [1.82, 2.24) is 20.0 Å². The topological polar surface area (TPSA) is 67.2 Å². The summed E-state index contributed by atoms with van der Waals surface area (Å²) < 4.78 is 15.0. The van der Waals surface area contributed by atoms with Crippen molar-refractivity contribution in [3.63, 3.8) is 0 Å². The summed E-state index contributed by atoms with van der Waals surface area (Å²) in [6.07, 6.45) is 2.04. The van der Waals surface area contributed by atoms with Crippen LogP contribution in [-0.4, -0.2) is 40.1 Å². The van der Waals surface area contributed by atoms with Gasteiger partial charge in [-0.15, -0.1) is 0 Å². The van der Waals surface area contributed by atoms with E-state index in [0.29, 0.717) is 6.54 Å². The molecular formula is C27H24ClFN4O2. The number of nitrogens with one attached hydrogen (secondary N) is 1. The Morgan fingerprint density at radius 3 is 2.40 bits per heavy atom. The Morgan fingerprint density at radius 2 is 1.71 bits per heavy atom. The highest BCUT2D eigenvalue weighted by molar-refractivity contribution is 6.33. The van der Waals surface area contributed by atoms with Gasteiger partial charge in [0.05, 0.1) is 22.0 Å². The summed E-state index contributed by atoms with van der Waals surface area (Å²) in [5.74, 6) is -1.11. The number of hydrogen-bond acceptors (Lipinski definition) is 3. The summed E-state index contributed by atoms with van der Waals surface area (Å²) in [6.45, 7) is 0.484. The molecule has 0 saturated heterocycles. The van der Waals surface area contributed by atoms with Crippen molar-refractivity contribution in [1.29, 1.82) is 0 Å². The molecule has 0 radical (unpaired) electrons. The standard InChI is InChI=1S/C27H24ClFN4O2/c1-32(25(34)14-15-30-27(35)23-13-12-21(29)16-24(23)28)17-20-18-33(22-10-6-3-7-11-22)31-26(20)19-8-4-2-5-9-19/h2-13,16,18H,14-15,17H2,1H3,(H,30,35). The molecule has 1 aromatic heterocycles. The number of hydrogen-bond donors (Lipinski definition) is 1. The molecule has 35 heavy (non-hydrogen) atoms. The second-order valence-electron chi connectivity index (χ2n) is 8.03. The number of rotatable bonds is 8. The first-order valence-corrected chi connectivity index (χ1v) is 11.5. The average molecular weight is 491 g/mol. The fraction of sp³-hybridized carbons (Fsp3) is 0.148. The maximum absolute atomic E-state index is 13.2. The van der Waals surface area contributed by atoms with Crippen molar-refractivity contribution in [3.05, 3.63) is 107 Å². The fourth-order valence-electron chi connectivity index (χ4n) is 3.66. The van der Waals surface area contributed by atoms with Crippen LogP contribution in [0.3, 0.4) is 0 Å². The summed E-state index contributed by atoms with van der Waals surface area (Å²) >= 11 is 5.93. The zero-order valence-corrected chi connectivity index (χ0v) is 19.9. The van der Waals surface area contributed by atoms with Crippen molar-refractivity contribution >= 4 is 23.4 Å². The predicted octanol–water partition coefficient (Wildman–Crippen LogP) is 5.11. The molecule has 1 N–H and O–H groups in total. The monoisotopic (exact) mass is 490 g/mol. The number of carbonyl (C=O) groups excluding carboxylic acids is 2. The van der Waals surface area contributed by atoms with E-state index in [1.54, 1.807) is 11.9 Å². The van der Waals surface area contributed by atoms with Gasteiger partial charge in [0.1, 0.15) is 5.82 Å². The SMILES string of the molecule is CN(Cc1cn(-c2ccccc2)nc1-c1ccccc1)C(=O)CCNC(=O)c1ccc(F)cc1Cl. The molecule has 6 nitrogen and oxygen atoms in total. The Bertz CT molecular complexity index is 1330. The molecule has 0 aliphatic carbocycles. The van der Waals surface area contributed by atoms with Gasteiger partial charge >= 0.3 is 0 Å². The van der Waals surface area contributed by atoms with Crippen molar-refractivity contribution in [3.8, 4) is 16.9 Å². The van der Waals surface area contributed by atoms with Crippen LogP contribution in [0.15, 0.2) is 85.1 Å². The Balaban J connectivity index is 1.43. The first kappa shape index (κ1) is 24.2. The molecule has 4 aromatic rings. The smallest absolute Gasteiger partial charge is 0.252 e. The fourth-order valence-corrected chi connectivity index (χ4v) is 3.92. The number of carbonyl (C=O) groups is 2. The zero-order valence-electron chi connectivity index (χ0n) is 19.1. The van der Waals surface area contributed by atoms with Gasteiger partial charge in [-0.3, -0.25) is 9.59 Å². The van der Waals surface area contributed by atoms with Crippen LogP contribution in [-0.2, 0) is 11.3 Å². The normalized spacial score (nSPS) is 10.7. The van der Waals surface area contributed by atoms with E-state index in [1.807, 2.05) is 71.5 Å². The number of amides is 2. The molecule has 0 spiro atoms. The first-order valence-electron chi connectivity index (χ1n) is 11.1. The molecule has 0 fully saturated rings. The van der Waals surface area contributed by atoms with Crippen molar-refractivity contribution < 1.29 is 14.0 Å². The van der Waals surface area contributed by atoms with Gasteiger partial charge < -0.3 is 10.2 Å². The minimum absolute atomic E-state index is 0.0230. The van der Waals surface area contributed by atoms with Crippen molar-refractivity contribution in [2.45, 2.75) is 13.0 Å². The lowest BCUT2D eigenvalue weighted by atomic mass is 10.1. The van der Waals surface area contributed by atoms with Gasteiger partial charge in [-0.05, 0) is 30.3 Å². The maximum Gasteiger partial charge on any atom is 0.252 e. The van der Waals surface area contributed by atoms with E-state index in [1.165, 1.54) is 12.1 Å². The number of para-hydroxylation sites is 1. The van der Waals surface area contributed by atoms with Crippen LogP contribution in [0.2, 0.25) is 5.02 Å². The number of aromatic nitrogens is 2. The van der Waals surface area contributed by atoms with Gasteiger partial charge in [-0.1, -0.05) is 60.1 Å². The molecule has 0 unspecified atom stereocenters. The van der Waals surface area contributed by atoms with Crippen LogP contribution >= 0.6 is 11.6 Å². The number of halogens is 2. The second kappa shape index (κ2) is 11.0. The van der Waals surface area contributed by atoms with E-state index in [-0.39, 0.29) is 29.5 Å². The van der Waals surface area contributed by atoms with E-state index in [9.17, 15) is 14.0 Å².